The van der Waals surface area contributed by atoms with E-state index >= 15 is 0 Å². The predicted molar refractivity (Wildman–Crippen MR) is 47.4 cm³/mol. The molecule has 0 bridgehead atoms. The van der Waals surface area contributed by atoms with Crippen molar-refractivity contribution in [1.29, 1.82) is 0 Å². The minimum Gasteiger partial charge on any atom is -0.481 e. The van der Waals surface area contributed by atoms with Gasteiger partial charge in [0.05, 0.1) is 0 Å². The number of carbonyl (C=O) groups excluding carboxylic acids is 2. The third kappa shape index (κ3) is 7.02. The van der Waals surface area contributed by atoms with Crippen LogP contribution in [0.3, 0.4) is 0 Å². The Morgan fingerprint density at radius 2 is 1.86 bits per heavy atom. The lowest BCUT2D eigenvalue weighted by Gasteiger charge is -1.85. The van der Waals surface area contributed by atoms with Crippen LogP contribution in [0.15, 0.2) is 12.2 Å². The van der Waals surface area contributed by atoms with Crippen molar-refractivity contribution < 1.29 is 24.2 Å². The van der Waals surface area contributed by atoms with E-state index in [4.69, 9.17) is 5.11 Å². The minimum absolute atomic E-state index is 0.316. The molecule has 0 saturated heterocycles. The number of carboxylic acid groups (broad SMARTS) is 1. The standard InChI is InChI=1S/C5H10O2.C4H2O3/c1-2-3-4-5(6)7;5-3-1-2-4(6)7-3/h2-4H2,1H3,(H,6,7);1-2H. The molecule has 0 radical (unpaired) electrons. The molecule has 0 spiro atoms. The van der Waals surface area contributed by atoms with Gasteiger partial charge in [-0.2, -0.15) is 0 Å². The largest absolute Gasteiger partial charge is 0.481 e. The van der Waals surface area contributed by atoms with E-state index in [0.717, 1.165) is 25.0 Å². The highest BCUT2D eigenvalue weighted by molar-refractivity contribution is 6.04. The van der Waals surface area contributed by atoms with Gasteiger partial charge in [-0.15, -0.1) is 0 Å². The molecule has 14 heavy (non-hydrogen) atoms. The van der Waals surface area contributed by atoms with Crippen molar-refractivity contribution in [3.63, 3.8) is 0 Å². The highest BCUT2D eigenvalue weighted by Crippen LogP contribution is 1.92. The van der Waals surface area contributed by atoms with Crippen LogP contribution in [0.1, 0.15) is 26.2 Å². The number of ether oxygens (including phenoxy) is 1. The van der Waals surface area contributed by atoms with Gasteiger partial charge in [0.2, 0.25) is 0 Å². The van der Waals surface area contributed by atoms with Gasteiger partial charge in [-0.1, -0.05) is 13.3 Å². The van der Waals surface area contributed by atoms with Gasteiger partial charge in [0.1, 0.15) is 0 Å². The van der Waals surface area contributed by atoms with E-state index in [9.17, 15) is 14.4 Å². The van der Waals surface area contributed by atoms with Crippen molar-refractivity contribution in [1.82, 2.24) is 0 Å². The Bertz CT molecular complexity index is 238. The molecule has 0 fully saturated rings. The second-order valence-electron chi connectivity index (χ2n) is 2.57. The van der Waals surface area contributed by atoms with Gasteiger partial charge in [-0.05, 0) is 6.42 Å². The topological polar surface area (TPSA) is 80.7 Å². The Hall–Kier alpha value is -1.65. The number of aliphatic carboxylic acids is 1. The van der Waals surface area contributed by atoms with Crippen LogP contribution in [0.2, 0.25) is 0 Å². The summed E-state index contributed by atoms with van der Waals surface area (Å²) in [6, 6.07) is 0. The number of hydrogen-bond acceptors (Lipinski definition) is 4. The Balaban J connectivity index is 0.000000241. The molecular formula is C9H12O5. The average Bonchev–Trinajstić information content (AvgIpc) is 2.47. The molecule has 1 aliphatic rings. The minimum atomic E-state index is -0.693. The van der Waals surface area contributed by atoms with E-state index < -0.39 is 17.9 Å². The molecule has 1 heterocycles. The number of esters is 2. The van der Waals surface area contributed by atoms with Crippen molar-refractivity contribution >= 4 is 17.9 Å². The lowest BCUT2D eigenvalue weighted by Crippen LogP contribution is -1.96. The number of cyclic esters (lactones) is 2. The van der Waals surface area contributed by atoms with Crippen molar-refractivity contribution in [2.45, 2.75) is 26.2 Å². The molecule has 78 valence electrons. The lowest BCUT2D eigenvalue weighted by molar-refractivity contribution is -0.150. The summed E-state index contributed by atoms with van der Waals surface area (Å²) in [4.78, 5) is 29.6. The van der Waals surface area contributed by atoms with Crippen LogP contribution in [0.4, 0.5) is 0 Å². The maximum absolute atomic E-state index is 9.92. The second-order valence-corrected chi connectivity index (χ2v) is 2.57. The fourth-order valence-corrected chi connectivity index (χ4v) is 0.631. The Kier molecular flexibility index (Phi) is 6.02. The van der Waals surface area contributed by atoms with Gasteiger partial charge in [0.15, 0.2) is 0 Å². The average molecular weight is 200 g/mol. The van der Waals surface area contributed by atoms with Gasteiger partial charge in [-0.25, -0.2) is 9.59 Å². The molecule has 0 unspecified atom stereocenters. The van der Waals surface area contributed by atoms with Crippen LogP contribution in [0.25, 0.3) is 0 Å². The molecule has 1 aliphatic heterocycles. The van der Waals surface area contributed by atoms with Crippen LogP contribution in [-0.4, -0.2) is 23.0 Å². The Morgan fingerprint density at radius 3 is 2.00 bits per heavy atom. The molecular weight excluding hydrogens is 188 g/mol. The van der Waals surface area contributed by atoms with Gasteiger partial charge in [0.25, 0.3) is 0 Å². The molecule has 1 N–H and O–H groups in total. The van der Waals surface area contributed by atoms with E-state index in [1.807, 2.05) is 6.92 Å². The summed E-state index contributed by atoms with van der Waals surface area (Å²) < 4.78 is 3.97. The zero-order valence-corrected chi connectivity index (χ0v) is 7.86. The predicted octanol–water partition coefficient (Wildman–Crippen LogP) is 0.887. The summed E-state index contributed by atoms with van der Waals surface area (Å²) in [5, 5.41) is 8.04. The van der Waals surface area contributed by atoms with E-state index in [1.165, 1.54) is 0 Å². The maximum atomic E-state index is 9.92. The summed E-state index contributed by atoms with van der Waals surface area (Å²) in [6.07, 6.45) is 4.25. The molecule has 0 amide bonds. The van der Waals surface area contributed by atoms with Crippen molar-refractivity contribution in [3.05, 3.63) is 12.2 Å². The fraction of sp³-hybridized carbons (Fsp3) is 0.444. The van der Waals surface area contributed by atoms with Crippen LogP contribution in [-0.2, 0) is 19.1 Å². The molecule has 1 rings (SSSR count). The monoisotopic (exact) mass is 200 g/mol. The Morgan fingerprint density at radius 1 is 1.36 bits per heavy atom. The molecule has 0 aliphatic carbocycles. The molecule has 0 aromatic carbocycles. The summed E-state index contributed by atoms with van der Waals surface area (Å²) >= 11 is 0. The van der Waals surface area contributed by atoms with E-state index in [-0.39, 0.29) is 0 Å². The number of hydrogen-bond donors (Lipinski definition) is 1. The van der Waals surface area contributed by atoms with Gasteiger partial charge in [0, 0.05) is 18.6 Å². The fourth-order valence-electron chi connectivity index (χ4n) is 0.631. The summed E-state index contributed by atoms with van der Waals surface area (Å²) in [5.41, 5.74) is 0. The van der Waals surface area contributed by atoms with Crippen LogP contribution in [0.5, 0.6) is 0 Å². The van der Waals surface area contributed by atoms with Gasteiger partial charge >= 0.3 is 17.9 Å². The Labute approximate surface area is 81.4 Å². The van der Waals surface area contributed by atoms with E-state index in [0.29, 0.717) is 6.42 Å². The van der Waals surface area contributed by atoms with Crippen LogP contribution in [0, 0.1) is 0 Å². The highest BCUT2D eigenvalue weighted by Gasteiger charge is 2.10. The third-order valence-corrected chi connectivity index (χ3v) is 1.30. The van der Waals surface area contributed by atoms with Crippen molar-refractivity contribution in [2.75, 3.05) is 0 Å². The zero-order valence-electron chi connectivity index (χ0n) is 7.86. The molecule has 0 aromatic heterocycles. The lowest BCUT2D eigenvalue weighted by atomic mass is 10.3. The van der Waals surface area contributed by atoms with Crippen LogP contribution >= 0.6 is 0 Å². The number of unbranched alkanes of at least 4 members (excludes halogenated alkanes) is 1. The zero-order chi connectivity index (χ0) is 11.0. The molecule has 0 aromatic rings. The number of rotatable bonds is 3. The van der Waals surface area contributed by atoms with Gasteiger partial charge < -0.3 is 9.84 Å². The second kappa shape index (κ2) is 6.82. The first-order valence-corrected chi connectivity index (χ1v) is 4.22. The van der Waals surface area contributed by atoms with E-state index in [1.54, 1.807) is 0 Å². The normalized spacial score (nSPS) is 13.2. The number of carboxylic acids is 1. The molecule has 5 nitrogen and oxygen atoms in total. The number of carbonyl (C=O) groups is 3. The molecule has 5 heteroatoms. The van der Waals surface area contributed by atoms with Gasteiger partial charge in [-0.3, -0.25) is 4.79 Å². The first-order valence-electron chi connectivity index (χ1n) is 4.22. The highest BCUT2D eigenvalue weighted by atomic mass is 16.6. The van der Waals surface area contributed by atoms with E-state index in [2.05, 4.69) is 4.74 Å². The third-order valence-electron chi connectivity index (χ3n) is 1.30. The van der Waals surface area contributed by atoms with Crippen molar-refractivity contribution in [2.24, 2.45) is 0 Å². The summed E-state index contributed by atoms with van der Waals surface area (Å²) in [5.74, 6) is -1.85. The summed E-state index contributed by atoms with van der Waals surface area (Å²) in [7, 11) is 0. The molecule has 0 saturated carbocycles. The first-order chi connectivity index (χ1) is 6.56. The van der Waals surface area contributed by atoms with Crippen molar-refractivity contribution in [3.8, 4) is 0 Å². The van der Waals surface area contributed by atoms with Crippen LogP contribution < -0.4 is 0 Å². The maximum Gasteiger partial charge on any atom is 0.338 e. The first kappa shape index (κ1) is 12.3. The SMILES string of the molecule is CCCCC(=O)O.O=C1C=CC(=O)O1. The molecule has 0 atom stereocenters. The quantitative estimate of drug-likeness (QED) is 0.540. The summed E-state index contributed by atoms with van der Waals surface area (Å²) in [6.45, 7) is 1.98. The smallest absolute Gasteiger partial charge is 0.338 e.